The Morgan fingerprint density at radius 1 is 1.53 bits per heavy atom. The molecule has 2 aromatic rings. The van der Waals surface area contributed by atoms with E-state index in [0.717, 1.165) is 23.5 Å². The van der Waals surface area contributed by atoms with Crippen molar-refractivity contribution in [2.45, 2.75) is 26.4 Å². The van der Waals surface area contributed by atoms with Crippen LogP contribution in [0.3, 0.4) is 0 Å². The van der Waals surface area contributed by atoms with Gasteiger partial charge in [-0.1, -0.05) is 12.2 Å². The summed E-state index contributed by atoms with van der Waals surface area (Å²) in [6, 6.07) is 3.97. The molecule has 2 rings (SSSR count). The van der Waals surface area contributed by atoms with E-state index in [1.54, 1.807) is 12.4 Å². The van der Waals surface area contributed by atoms with Gasteiger partial charge in [-0.15, -0.1) is 0 Å². The summed E-state index contributed by atoms with van der Waals surface area (Å²) in [4.78, 5) is 4.68. The van der Waals surface area contributed by atoms with Crippen molar-refractivity contribution < 1.29 is 0 Å². The summed E-state index contributed by atoms with van der Waals surface area (Å²) < 4.78 is 1.87. The Kier molecular flexibility index (Phi) is 4.11. The van der Waals surface area contributed by atoms with Gasteiger partial charge in [-0.05, 0) is 31.5 Å². The fourth-order valence-corrected chi connectivity index (χ4v) is 2.20. The average molecular weight is 275 g/mol. The van der Waals surface area contributed by atoms with Crippen LogP contribution in [0.25, 0.3) is 0 Å². The van der Waals surface area contributed by atoms with Crippen LogP contribution in [0.2, 0.25) is 0 Å². The van der Waals surface area contributed by atoms with Crippen molar-refractivity contribution in [3.8, 4) is 0 Å². The van der Waals surface area contributed by atoms with Gasteiger partial charge in [-0.25, -0.2) is 4.98 Å². The van der Waals surface area contributed by atoms with Gasteiger partial charge in [0.2, 0.25) is 0 Å². The Hall–Kier alpha value is -1.95. The number of thiocarbonyl (C=S) groups is 1. The normalized spacial score (nSPS) is 12.1. The van der Waals surface area contributed by atoms with Gasteiger partial charge in [0.1, 0.15) is 10.8 Å². The lowest BCUT2D eigenvalue weighted by atomic mass is 10.1. The van der Waals surface area contributed by atoms with Crippen LogP contribution in [0.15, 0.2) is 30.7 Å². The average Bonchev–Trinajstić information content (AvgIpc) is 2.81. The molecule has 3 N–H and O–H groups in total. The highest BCUT2D eigenvalue weighted by Crippen LogP contribution is 2.17. The Morgan fingerprint density at radius 3 is 2.95 bits per heavy atom. The second-order valence-corrected chi connectivity index (χ2v) is 4.93. The third-order valence-corrected chi connectivity index (χ3v) is 3.01. The number of nitrogens with one attached hydrogen (secondary N) is 1. The van der Waals surface area contributed by atoms with Crippen molar-refractivity contribution in [1.29, 1.82) is 0 Å². The van der Waals surface area contributed by atoms with Gasteiger partial charge in [0.15, 0.2) is 0 Å². The van der Waals surface area contributed by atoms with E-state index < -0.39 is 0 Å². The number of nitrogens with zero attached hydrogens (tertiary/aromatic N) is 3. The second kappa shape index (κ2) is 5.79. The van der Waals surface area contributed by atoms with Crippen molar-refractivity contribution in [1.82, 2.24) is 14.8 Å². The second-order valence-electron chi connectivity index (χ2n) is 4.49. The molecule has 0 aliphatic rings. The number of nitrogens with two attached hydrogens (primary N) is 1. The van der Waals surface area contributed by atoms with Gasteiger partial charge in [0.25, 0.3) is 0 Å². The van der Waals surface area contributed by atoms with E-state index in [1.807, 2.05) is 29.9 Å². The Morgan fingerprint density at radius 2 is 2.32 bits per heavy atom. The van der Waals surface area contributed by atoms with Crippen molar-refractivity contribution in [2.24, 2.45) is 5.73 Å². The van der Waals surface area contributed by atoms with Crippen molar-refractivity contribution >= 4 is 23.0 Å². The Bertz CT molecular complexity index is 564. The van der Waals surface area contributed by atoms with E-state index in [0.29, 0.717) is 4.99 Å². The summed E-state index contributed by atoms with van der Waals surface area (Å²) in [7, 11) is 0. The molecule has 0 radical (unpaired) electrons. The molecule has 6 heteroatoms. The first-order valence-electron chi connectivity index (χ1n) is 6.07. The minimum atomic E-state index is 0.169. The standard InChI is InChI=1S/C13H17N5S/c1-9-4-6-15-13(11(9)12(14)19)17-10(2)8-18-7-3-5-16-18/h3-7,10H,8H2,1-2H3,(H2,14,19)(H,15,17). The van der Waals surface area contributed by atoms with E-state index in [2.05, 4.69) is 22.3 Å². The van der Waals surface area contributed by atoms with E-state index in [-0.39, 0.29) is 6.04 Å². The minimum Gasteiger partial charge on any atom is -0.389 e. The quantitative estimate of drug-likeness (QED) is 0.813. The van der Waals surface area contributed by atoms with Gasteiger partial charge < -0.3 is 11.1 Å². The molecule has 0 bridgehead atoms. The zero-order valence-corrected chi connectivity index (χ0v) is 11.8. The van der Waals surface area contributed by atoms with Crippen LogP contribution in [0, 0.1) is 6.92 Å². The maximum Gasteiger partial charge on any atom is 0.136 e. The molecule has 1 unspecified atom stereocenters. The zero-order valence-electron chi connectivity index (χ0n) is 11.0. The molecule has 0 aliphatic heterocycles. The summed E-state index contributed by atoms with van der Waals surface area (Å²) in [5, 5.41) is 7.51. The summed E-state index contributed by atoms with van der Waals surface area (Å²) in [6.45, 7) is 4.79. The van der Waals surface area contributed by atoms with Crippen LogP contribution >= 0.6 is 12.2 Å². The molecule has 0 fully saturated rings. The van der Waals surface area contributed by atoms with Gasteiger partial charge in [0, 0.05) is 24.6 Å². The number of rotatable bonds is 5. The zero-order chi connectivity index (χ0) is 13.8. The predicted octanol–water partition coefficient (Wildman–Crippen LogP) is 1.72. The highest BCUT2D eigenvalue weighted by molar-refractivity contribution is 7.80. The van der Waals surface area contributed by atoms with Crippen LogP contribution in [0.4, 0.5) is 5.82 Å². The number of aromatic nitrogens is 3. The molecule has 19 heavy (non-hydrogen) atoms. The first-order valence-corrected chi connectivity index (χ1v) is 6.48. The Balaban J connectivity index is 2.14. The maximum atomic E-state index is 5.76. The van der Waals surface area contributed by atoms with Gasteiger partial charge in [-0.2, -0.15) is 5.10 Å². The highest BCUT2D eigenvalue weighted by atomic mass is 32.1. The lowest BCUT2D eigenvalue weighted by Gasteiger charge is -2.17. The van der Waals surface area contributed by atoms with Crippen molar-refractivity contribution in [2.75, 3.05) is 5.32 Å². The maximum absolute atomic E-state index is 5.76. The smallest absolute Gasteiger partial charge is 0.136 e. The lowest BCUT2D eigenvalue weighted by Crippen LogP contribution is -2.25. The predicted molar refractivity (Wildman–Crippen MR) is 80.2 cm³/mol. The molecule has 0 aliphatic carbocycles. The van der Waals surface area contributed by atoms with Crippen molar-refractivity contribution in [3.05, 3.63) is 41.9 Å². The van der Waals surface area contributed by atoms with Crippen molar-refractivity contribution in [3.63, 3.8) is 0 Å². The molecule has 0 amide bonds. The van der Waals surface area contributed by atoms with Crippen LogP contribution in [0.5, 0.6) is 0 Å². The van der Waals surface area contributed by atoms with Crippen LogP contribution in [0.1, 0.15) is 18.1 Å². The third-order valence-electron chi connectivity index (χ3n) is 2.81. The molecule has 0 saturated heterocycles. The van der Waals surface area contributed by atoms with Gasteiger partial charge >= 0.3 is 0 Å². The number of aryl methyl sites for hydroxylation is 1. The number of hydrogen-bond acceptors (Lipinski definition) is 4. The molecular weight excluding hydrogens is 258 g/mol. The summed E-state index contributed by atoms with van der Waals surface area (Å²) >= 11 is 5.09. The molecule has 2 heterocycles. The molecule has 5 nitrogen and oxygen atoms in total. The topological polar surface area (TPSA) is 68.8 Å². The highest BCUT2D eigenvalue weighted by Gasteiger charge is 2.12. The molecule has 100 valence electrons. The summed E-state index contributed by atoms with van der Waals surface area (Å²) in [5.41, 5.74) is 7.60. The van der Waals surface area contributed by atoms with E-state index in [9.17, 15) is 0 Å². The third kappa shape index (κ3) is 3.29. The fraction of sp³-hybridized carbons (Fsp3) is 0.308. The SMILES string of the molecule is Cc1ccnc(NC(C)Cn2cccn2)c1C(N)=S. The summed E-state index contributed by atoms with van der Waals surface area (Å²) in [6.07, 6.45) is 5.44. The largest absolute Gasteiger partial charge is 0.389 e. The minimum absolute atomic E-state index is 0.169. The first kappa shape index (κ1) is 13.5. The van der Waals surface area contributed by atoms with E-state index in [1.165, 1.54) is 0 Å². The van der Waals surface area contributed by atoms with E-state index in [4.69, 9.17) is 18.0 Å². The fourth-order valence-electron chi connectivity index (χ4n) is 1.95. The number of pyridine rings is 1. The number of anilines is 1. The molecule has 1 atom stereocenters. The molecule has 0 aromatic carbocycles. The van der Waals surface area contributed by atoms with E-state index >= 15 is 0 Å². The number of hydrogen-bond donors (Lipinski definition) is 2. The van der Waals surface area contributed by atoms with Gasteiger partial charge in [-0.3, -0.25) is 4.68 Å². The van der Waals surface area contributed by atoms with Gasteiger partial charge in [0.05, 0.1) is 12.1 Å². The lowest BCUT2D eigenvalue weighted by molar-refractivity contribution is 0.559. The van der Waals surface area contributed by atoms with Crippen LogP contribution in [-0.2, 0) is 6.54 Å². The molecular formula is C13H17N5S. The monoisotopic (exact) mass is 275 g/mol. The molecule has 0 saturated carbocycles. The Labute approximate surface area is 117 Å². The van der Waals surface area contributed by atoms with Crippen LogP contribution < -0.4 is 11.1 Å². The van der Waals surface area contributed by atoms with Crippen LogP contribution in [-0.4, -0.2) is 25.8 Å². The molecule has 2 aromatic heterocycles. The molecule has 0 spiro atoms. The first-order chi connectivity index (χ1) is 9.08. The summed E-state index contributed by atoms with van der Waals surface area (Å²) in [5.74, 6) is 0.729.